The number of para-hydroxylation sites is 1. The van der Waals surface area contributed by atoms with Gasteiger partial charge in [0.15, 0.2) is 0 Å². The number of nitro benzene ring substituents is 1. The Labute approximate surface area is 171 Å². The van der Waals surface area contributed by atoms with E-state index in [-0.39, 0.29) is 10.7 Å². The summed E-state index contributed by atoms with van der Waals surface area (Å²) in [6.07, 6.45) is 1.25. The summed E-state index contributed by atoms with van der Waals surface area (Å²) in [6, 6.07) is 20.3. The van der Waals surface area contributed by atoms with Crippen molar-refractivity contribution in [2.75, 3.05) is 0 Å². The zero-order valence-corrected chi connectivity index (χ0v) is 15.9. The molecule has 3 aromatic carbocycles. The molecule has 0 atom stereocenters. The van der Waals surface area contributed by atoms with Crippen LogP contribution in [0.3, 0.4) is 0 Å². The number of carbonyl (C=O) groups is 1. The minimum Gasteiger partial charge on any atom is -0.488 e. The Hall–Kier alpha value is -3.71. The molecule has 1 N–H and O–H groups in total. The fraction of sp³-hybridized carbons (Fsp3) is 0.0476. The van der Waals surface area contributed by atoms with E-state index < -0.39 is 10.8 Å². The van der Waals surface area contributed by atoms with Gasteiger partial charge in [-0.25, -0.2) is 5.43 Å². The number of amides is 1. The Morgan fingerprint density at radius 3 is 2.59 bits per heavy atom. The fourth-order valence-electron chi connectivity index (χ4n) is 2.48. The second-order valence-electron chi connectivity index (χ2n) is 5.93. The summed E-state index contributed by atoms with van der Waals surface area (Å²) >= 11 is 6.01. The summed E-state index contributed by atoms with van der Waals surface area (Å²) < 4.78 is 5.76. The highest BCUT2D eigenvalue weighted by Crippen LogP contribution is 2.21. The molecule has 0 aliphatic rings. The number of nitrogens with one attached hydrogen (secondary N) is 1. The van der Waals surface area contributed by atoms with E-state index in [1.54, 1.807) is 24.3 Å². The lowest BCUT2D eigenvalue weighted by molar-refractivity contribution is -0.384. The van der Waals surface area contributed by atoms with E-state index in [4.69, 9.17) is 16.3 Å². The Morgan fingerprint density at radius 2 is 1.83 bits per heavy atom. The summed E-state index contributed by atoms with van der Waals surface area (Å²) in [6.45, 7) is 0.317. The first-order valence-electron chi connectivity index (χ1n) is 8.57. The number of halogens is 1. The maximum atomic E-state index is 12.5. The quantitative estimate of drug-likeness (QED) is 0.351. The summed E-state index contributed by atoms with van der Waals surface area (Å²) in [4.78, 5) is 22.8. The average molecular weight is 410 g/mol. The van der Waals surface area contributed by atoms with Crippen LogP contribution in [0.1, 0.15) is 21.5 Å². The second kappa shape index (κ2) is 9.48. The fourth-order valence-corrected chi connectivity index (χ4v) is 2.65. The maximum absolute atomic E-state index is 12.5. The summed E-state index contributed by atoms with van der Waals surface area (Å²) in [7, 11) is 0. The van der Waals surface area contributed by atoms with E-state index in [0.29, 0.717) is 23.5 Å². The largest absolute Gasteiger partial charge is 0.488 e. The number of non-ortho nitro benzene ring substituents is 1. The van der Waals surface area contributed by atoms with Crippen LogP contribution in [-0.4, -0.2) is 17.0 Å². The molecular weight excluding hydrogens is 394 g/mol. The van der Waals surface area contributed by atoms with E-state index in [9.17, 15) is 14.9 Å². The van der Waals surface area contributed by atoms with E-state index in [0.717, 1.165) is 5.56 Å². The highest BCUT2D eigenvalue weighted by molar-refractivity contribution is 6.33. The first kappa shape index (κ1) is 20.0. The monoisotopic (exact) mass is 409 g/mol. The zero-order valence-electron chi connectivity index (χ0n) is 15.1. The molecule has 0 saturated carbocycles. The van der Waals surface area contributed by atoms with Gasteiger partial charge in [-0.1, -0.05) is 54.1 Å². The molecule has 1 amide bonds. The minimum atomic E-state index is -0.535. The van der Waals surface area contributed by atoms with Crippen molar-refractivity contribution < 1.29 is 14.5 Å². The molecule has 0 bridgehead atoms. The number of hydrogen-bond acceptors (Lipinski definition) is 5. The molecule has 3 aromatic rings. The van der Waals surface area contributed by atoms with Crippen molar-refractivity contribution in [1.29, 1.82) is 0 Å². The van der Waals surface area contributed by atoms with E-state index >= 15 is 0 Å². The first-order chi connectivity index (χ1) is 14.0. The molecule has 0 radical (unpaired) electrons. The van der Waals surface area contributed by atoms with Gasteiger partial charge in [-0.15, -0.1) is 0 Å². The normalized spacial score (nSPS) is 10.7. The van der Waals surface area contributed by atoms with Gasteiger partial charge in [0.05, 0.1) is 16.7 Å². The Bertz CT molecular complexity index is 1050. The highest BCUT2D eigenvalue weighted by Gasteiger charge is 2.12. The molecule has 0 aliphatic heterocycles. The summed E-state index contributed by atoms with van der Waals surface area (Å²) in [5.41, 5.74) is 3.86. The SMILES string of the molecule is O=C(N/N=C/c1cc([N+](=O)[O-])ccc1Cl)c1ccccc1OCc1ccccc1. The number of hydrazone groups is 1. The molecule has 0 spiro atoms. The van der Waals surface area contributed by atoms with Crippen LogP contribution in [0.4, 0.5) is 5.69 Å². The molecule has 7 nitrogen and oxygen atoms in total. The Balaban J connectivity index is 1.69. The van der Waals surface area contributed by atoms with Gasteiger partial charge < -0.3 is 4.74 Å². The molecule has 146 valence electrons. The maximum Gasteiger partial charge on any atom is 0.275 e. The molecule has 0 heterocycles. The number of benzene rings is 3. The van der Waals surface area contributed by atoms with Crippen LogP contribution in [0.15, 0.2) is 77.9 Å². The minimum absolute atomic E-state index is 0.123. The van der Waals surface area contributed by atoms with Gasteiger partial charge in [0, 0.05) is 22.7 Å². The van der Waals surface area contributed by atoms with Crippen molar-refractivity contribution in [3.8, 4) is 5.75 Å². The summed E-state index contributed by atoms with van der Waals surface area (Å²) in [5.74, 6) is -0.0658. The van der Waals surface area contributed by atoms with Crippen LogP contribution >= 0.6 is 11.6 Å². The number of carbonyl (C=O) groups excluding carboxylic acids is 1. The van der Waals surface area contributed by atoms with Crippen molar-refractivity contribution in [3.05, 3.63) is 105 Å². The van der Waals surface area contributed by atoms with Crippen LogP contribution < -0.4 is 10.2 Å². The Kier molecular flexibility index (Phi) is 6.55. The lowest BCUT2D eigenvalue weighted by Crippen LogP contribution is -2.18. The van der Waals surface area contributed by atoms with Gasteiger partial charge in [-0.2, -0.15) is 5.10 Å². The molecule has 0 saturated heterocycles. The van der Waals surface area contributed by atoms with Crippen LogP contribution in [0, 0.1) is 10.1 Å². The van der Waals surface area contributed by atoms with Crippen LogP contribution in [-0.2, 0) is 6.61 Å². The van der Waals surface area contributed by atoms with Crippen LogP contribution in [0.2, 0.25) is 5.02 Å². The van der Waals surface area contributed by atoms with Crippen LogP contribution in [0.5, 0.6) is 5.75 Å². The number of ether oxygens (including phenoxy) is 1. The lowest BCUT2D eigenvalue weighted by atomic mass is 10.2. The van der Waals surface area contributed by atoms with Gasteiger partial charge >= 0.3 is 0 Å². The van der Waals surface area contributed by atoms with Gasteiger partial charge in [-0.05, 0) is 23.8 Å². The number of hydrogen-bond donors (Lipinski definition) is 1. The van der Waals surface area contributed by atoms with Gasteiger partial charge in [0.25, 0.3) is 11.6 Å². The van der Waals surface area contributed by atoms with Gasteiger partial charge in [0.2, 0.25) is 0 Å². The first-order valence-corrected chi connectivity index (χ1v) is 8.95. The third-order valence-electron chi connectivity index (χ3n) is 3.93. The predicted molar refractivity (Wildman–Crippen MR) is 110 cm³/mol. The topological polar surface area (TPSA) is 93.8 Å². The molecule has 0 aromatic heterocycles. The van der Waals surface area contributed by atoms with Gasteiger partial charge in [-0.3, -0.25) is 14.9 Å². The molecule has 0 aliphatic carbocycles. The third-order valence-corrected chi connectivity index (χ3v) is 4.27. The molecule has 8 heteroatoms. The van der Waals surface area contributed by atoms with Crippen molar-refractivity contribution >= 4 is 29.4 Å². The van der Waals surface area contributed by atoms with E-state index in [2.05, 4.69) is 10.5 Å². The van der Waals surface area contributed by atoms with Crippen molar-refractivity contribution in [2.24, 2.45) is 5.10 Å². The van der Waals surface area contributed by atoms with Crippen molar-refractivity contribution in [2.45, 2.75) is 6.61 Å². The predicted octanol–water partition coefficient (Wildman–Crippen LogP) is 4.59. The molecule has 29 heavy (non-hydrogen) atoms. The lowest BCUT2D eigenvalue weighted by Gasteiger charge is -2.10. The van der Waals surface area contributed by atoms with E-state index in [1.165, 1.54) is 24.4 Å². The number of rotatable bonds is 7. The molecule has 0 fully saturated rings. The molecular formula is C21H16ClN3O4. The van der Waals surface area contributed by atoms with Gasteiger partial charge in [0.1, 0.15) is 12.4 Å². The second-order valence-corrected chi connectivity index (χ2v) is 6.34. The highest BCUT2D eigenvalue weighted by atomic mass is 35.5. The Morgan fingerprint density at radius 1 is 1.10 bits per heavy atom. The molecule has 3 rings (SSSR count). The smallest absolute Gasteiger partial charge is 0.275 e. The number of nitrogens with zero attached hydrogens (tertiary/aromatic N) is 2. The average Bonchev–Trinajstić information content (AvgIpc) is 2.74. The van der Waals surface area contributed by atoms with Crippen molar-refractivity contribution in [1.82, 2.24) is 5.43 Å². The van der Waals surface area contributed by atoms with Crippen molar-refractivity contribution in [3.63, 3.8) is 0 Å². The zero-order chi connectivity index (χ0) is 20.6. The standard InChI is InChI=1S/C21H16ClN3O4/c22-19-11-10-17(25(27)28)12-16(19)13-23-24-21(26)18-8-4-5-9-20(18)29-14-15-6-2-1-3-7-15/h1-13H,14H2,(H,24,26)/b23-13+. The van der Waals surface area contributed by atoms with Crippen LogP contribution in [0.25, 0.3) is 0 Å². The number of nitro groups is 1. The third kappa shape index (κ3) is 5.40. The van der Waals surface area contributed by atoms with E-state index in [1.807, 2.05) is 30.3 Å². The summed E-state index contributed by atoms with van der Waals surface area (Å²) in [5, 5.41) is 15.0. The molecule has 0 unspecified atom stereocenters.